The van der Waals surface area contributed by atoms with Crippen molar-refractivity contribution in [3.63, 3.8) is 0 Å². The molecule has 2 rings (SSSR count). The van der Waals surface area contributed by atoms with Crippen LogP contribution < -0.4 is 15.4 Å². The molecular weight excluding hydrogens is 280 g/mol. The maximum absolute atomic E-state index is 12.0. The fraction of sp³-hybridized carbons (Fsp3) is 0.412. The molecule has 0 aliphatic carbocycles. The van der Waals surface area contributed by atoms with Crippen LogP contribution in [-0.2, 0) is 9.59 Å². The molecule has 0 unspecified atom stereocenters. The first-order valence-corrected chi connectivity index (χ1v) is 7.45. The van der Waals surface area contributed by atoms with Crippen molar-refractivity contribution in [2.75, 3.05) is 13.2 Å². The smallest absolute Gasteiger partial charge is 0.243 e. The van der Waals surface area contributed by atoms with Gasteiger partial charge in [-0.2, -0.15) is 0 Å². The number of hydrogen-bond acceptors (Lipinski definition) is 3. The normalized spacial score (nSPS) is 16.2. The summed E-state index contributed by atoms with van der Waals surface area (Å²) in [6.45, 7) is 8.34. The van der Waals surface area contributed by atoms with Gasteiger partial charge in [0.25, 0.3) is 0 Å². The van der Waals surface area contributed by atoms with E-state index in [1.807, 2.05) is 26.0 Å². The molecule has 0 spiro atoms. The number of carbonyl (C=O) groups is 2. The second-order valence-corrected chi connectivity index (χ2v) is 5.43. The molecule has 1 aliphatic heterocycles. The minimum atomic E-state index is -0.268. The van der Waals surface area contributed by atoms with E-state index in [-0.39, 0.29) is 24.3 Å². The molecule has 5 nitrogen and oxygen atoms in total. The Morgan fingerprint density at radius 1 is 1.41 bits per heavy atom. The number of carbonyl (C=O) groups excluding carboxylic acids is 2. The zero-order valence-electron chi connectivity index (χ0n) is 13.1. The van der Waals surface area contributed by atoms with Crippen LogP contribution in [0.25, 0.3) is 0 Å². The molecule has 1 atom stereocenters. The number of amides is 2. The zero-order valence-corrected chi connectivity index (χ0v) is 13.1. The van der Waals surface area contributed by atoms with E-state index >= 15 is 0 Å². The van der Waals surface area contributed by atoms with E-state index in [9.17, 15) is 9.59 Å². The fourth-order valence-corrected chi connectivity index (χ4v) is 2.50. The molecular formula is C17H22N2O3. The first kappa shape index (κ1) is 16.1. The molecule has 1 aromatic rings. The minimum absolute atomic E-state index is 0.0364. The van der Waals surface area contributed by atoms with Crippen LogP contribution in [0.4, 0.5) is 0 Å². The van der Waals surface area contributed by atoms with E-state index in [0.29, 0.717) is 13.2 Å². The molecule has 0 aromatic heterocycles. The molecule has 1 aliphatic rings. The zero-order chi connectivity index (χ0) is 16.1. The summed E-state index contributed by atoms with van der Waals surface area (Å²) in [5.74, 6) is 0.535. The van der Waals surface area contributed by atoms with Crippen molar-refractivity contribution in [3.05, 3.63) is 41.5 Å². The predicted octanol–water partition coefficient (Wildman–Crippen LogP) is 1.94. The molecule has 0 fully saturated rings. The van der Waals surface area contributed by atoms with E-state index in [1.165, 1.54) is 11.6 Å². The first-order chi connectivity index (χ1) is 10.5. The number of rotatable bonds is 5. The average Bonchev–Trinajstić information content (AvgIpc) is 2.51. The maximum atomic E-state index is 12.0. The number of aryl methyl sites for hydroxylation is 1. The van der Waals surface area contributed by atoms with Gasteiger partial charge in [-0.25, -0.2) is 0 Å². The quantitative estimate of drug-likeness (QED) is 0.817. The third-order valence-electron chi connectivity index (χ3n) is 3.91. The van der Waals surface area contributed by atoms with Crippen molar-refractivity contribution in [2.45, 2.75) is 32.7 Å². The van der Waals surface area contributed by atoms with Crippen LogP contribution in [0.2, 0.25) is 0 Å². The van der Waals surface area contributed by atoms with Gasteiger partial charge in [-0.1, -0.05) is 18.7 Å². The van der Waals surface area contributed by atoms with Crippen molar-refractivity contribution in [1.82, 2.24) is 10.6 Å². The number of benzene rings is 1. The Labute approximate surface area is 130 Å². The fourth-order valence-electron chi connectivity index (χ4n) is 2.50. The highest BCUT2D eigenvalue weighted by Gasteiger charge is 2.24. The summed E-state index contributed by atoms with van der Waals surface area (Å²) in [5.41, 5.74) is 3.32. The van der Waals surface area contributed by atoms with Crippen molar-refractivity contribution in [1.29, 1.82) is 0 Å². The Hall–Kier alpha value is -2.30. The number of fused-ring (bicyclic) bond motifs is 1. The van der Waals surface area contributed by atoms with Gasteiger partial charge < -0.3 is 15.4 Å². The largest absolute Gasteiger partial charge is 0.493 e. The van der Waals surface area contributed by atoms with Gasteiger partial charge in [0, 0.05) is 24.9 Å². The van der Waals surface area contributed by atoms with E-state index < -0.39 is 0 Å². The molecule has 5 heteroatoms. The molecule has 2 amide bonds. The van der Waals surface area contributed by atoms with Crippen LogP contribution in [-0.4, -0.2) is 25.0 Å². The summed E-state index contributed by atoms with van der Waals surface area (Å²) in [6.07, 6.45) is 2.19. The highest BCUT2D eigenvalue weighted by molar-refractivity contribution is 5.87. The highest BCUT2D eigenvalue weighted by Crippen LogP contribution is 2.36. The third-order valence-corrected chi connectivity index (χ3v) is 3.91. The summed E-state index contributed by atoms with van der Waals surface area (Å²) in [4.78, 5) is 23.1. The van der Waals surface area contributed by atoms with Gasteiger partial charge in [-0.15, -0.1) is 0 Å². The number of nitrogens with one attached hydrogen (secondary N) is 2. The molecule has 1 aromatic carbocycles. The molecule has 118 valence electrons. The molecule has 1 heterocycles. The van der Waals surface area contributed by atoms with E-state index in [2.05, 4.69) is 17.2 Å². The lowest BCUT2D eigenvalue weighted by atomic mass is 9.95. The van der Waals surface area contributed by atoms with Gasteiger partial charge in [0.2, 0.25) is 11.8 Å². The molecule has 0 radical (unpaired) electrons. The molecule has 0 bridgehead atoms. The van der Waals surface area contributed by atoms with Crippen LogP contribution in [0.3, 0.4) is 0 Å². The van der Waals surface area contributed by atoms with E-state index in [4.69, 9.17) is 4.74 Å². The van der Waals surface area contributed by atoms with Crippen molar-refractivity contribution >= 4 is 11.8 Å². The van der Waals surface area contributed by atoms with Crippen LogP contribution in [0.15, 0.2) is 24.8 Å². The Bertz CT molecular complexity index is 596. The topological polar surface area (TPSA) is 67.4 Å². The second kappa shape index (κ2) is 7.11. The molecule has 22 heavy (non-hydrogen) atoms. The SMILES string of the molecule is C=CC(=O)NCCC(=O)N[C@H]1CCOc2c1ccc(C)c2C. The van der Waals surface area contributed by atoms with E-state index in [0.717, 1.165) is 23.3 Å². The highest BCUT2D eigenvalue weighted by atomic mass is 16.5. The average molecular weight is 302 g/mol. The van der Waals surface area contributed by atoms with Gasteiger partial charge >= 0.3 is 0 Å². The Morgan fingerprint density at radius 3 is 2.91 bits per heavy atom. The predicted molar refractivity (Wildman–Crippen MR) is 84.7 cm³/mol. The Morgan fingerprint density at radius 2 is 2.18 bits per heavy atom. The lowest BCUT2D eigenvalue weighted by Gasteiger charge is -2.28. The van der Waals surface area contributed by atoms with Crippen LogP contribution in [0, 0.1) is 13.8 Å². The van der Waals surface area contributed by atoms with Crippen LogP contribution in [0.1, 0.15) is 35.6 Å². The van der Waals surface area contributed by atoms with Crippen molar-refractivity contribution in [2.24, 2.45) is 0 Å². The lowest BCUT2D eigenvalue weighted by Crippen LogP contribution is -2.34. The molecule has 0 saturated heterocycles. The third kappa shape index (κ3) is 3.67. The number of hydrogen-bond donors (Lipinski definition) is 2. The van der Waals surface area contributed by atoms with Crippen LogP contribution in [0.5, 0.6) is 5.75 Å². The molecule has 2 N–H and O–H groups in total. The van der Waals surface area contributed by atoms with Crippen molar-refractivity contribution in [3.8, 4) is 5.75 Å². The van der Waals surface area contributed by atoms with E-state index in [1.54, 1.807) is 0 Å². The van der Waals surface area contributed by atoms with Gasteiger partial charge in [0.15, 0.2) is 0 Å². The maximum Gasteiger partial charge on any atom is 0.243 e. The molecule has 0 saturated carbocycles. The van der Waals surface area contributed by atoms with Gasteiger partial charge in [0.05, 0.1) is 12.6 Å². The van der Waals surface area contributed by atoms with Gasteiger partial charge in [0.1, 0.15) is 5.75 Å². The Kier molecular flexibility index (Phi) is 5.20. The standard InChI is InChI=1S/C17H22N2O3/c1-4-15(20)18-9-7-16(21)19-14-8-10-22-17-12(3)11(2)5-6-13(14)17/h4-6,14H,1,7-10H2,2-3H3,(H,18,20)(H,19,21)/t14-/m0/s1. The summed E-state index contributed by atoms with van der Waals surface area (Å²) >= 11 is 0. The monoisotopic (exact) mass is 302 g/mol. The van der Waals surface area contributed by atoms with Gasteiger partial charge in [-0.3, -0.25) is 9.59 Å². The minimum Gasteiger partial charge on any atom is -0.493 e. The lowest BCUT2D eigenvalue weighted by molar-refractivity contribution is -0.122. The summed E-state index contributed by atoms with van der Waals surface area (Å²) in [5, 5.41) is 5.61. The summed E-state index contributed by atoms with van der Waals surface area (Å²) in [7, 11) is 0. The number of ether oxygens (including phenoxy) is 1. The summed E-state index contributed by atoms with van der Waals surface area (Å²) in [6, 6.07) is 4.03. The summed E-state index contributed by atoms with van der Waals surface area (Å²) < 4.78 is 5.75. The van der Waals surface area contributed by atoms with Crippen LogP contribution >= 0.6 is 0 Å². The first-order valence-electron chi connectivity index (χ1n) is 7.45. The van der Waals surface area contributed by atoms with Crippen molar-refractivity contribution < 1.29 is 14.3 Å². The van der Waals surface area contributed by atoms with Gasteiger partial charge in [-0.05, 0) is 31.1 Å². The Balaban J connectivity index is 1.98. The second-order valence-electron chi connectivity index (χ2n) is 5.43.